The average molecular weight is 402 g/mol. The van der Waals surface area contributed by atoms with Crippen molar-refractivity contribution in [2.75, 3.05) is 6.61 Å². The molecule has 0 aliphatic carbocycles. The van der Waals surface area contributed by atoms with Crippen LogP contribution in [0.1, 0.15) is 28.9 Å². The molecular weight excluding hydrogens is 387 g/mol. The minimum Gasteiger partial charge on any atom is -0.452 e. The lowest BCUT2D eigenvalue weighted by atomic mass is 10.1. The molecule has 9 heteroatoms. The van der Waals surface area contributed by atoms with Gasteiger partial charge in [-0.05, 0) is 48.9 Å². The fraction of sp³-hybridized carbons (Fsp3) is 0.222. The van der Waals surface area contributed by atoms with Crippen molar-refractivity contribution in [3.8, 4) is 5.75 Å². The molecule has 0 saturated carbocycles. The maximum absolute atomic E-state index is 12.1. The zero-order chi connectivity index (χ0) is 20.0. The average Bonchev–Trinajstić information content (AvgIpc) is 2.59. The number of esters is 1. The highest BCUT2D eigenvalue weighted by molar-refractivity contribution is 6.30. The van der Waals surface area contributed by atoms with Crippen LogP contribution in [0.3, 0.4) is 0 Å². The molecule has 0 spiro atoms. The summed E-state index contributed by atoms with van der Waals surface area (Å²) in [5.41, 5.74) is 0.766. The standard InChI is InChI=1S/C18H15ClF3NO4/c1-11(13-3-2-4-14(19)9-13)23-16(24)10-26-17(25)12-5-7-15(8-6-12)27-18(20,21)22/h2-9,11H,10H2,1H3,(H,23,24)/t11-/m1/s1. The predicted octanol–water partition coefficient (Wildman–Crippen LogP) is 4.27. The highest BCUT2D eigenvalue weighted by atomic mass is 35.5. The van der Waals surface area contributed by atoms with Crippen molar-refractivity contribution in [2.45, 2.75) is 19.3 Å². The number of hydrogen-bond acceptors (Lipinski definition) is 4. The van der Waals surface area contributed by atoms with E-state index in [-0.39, 0.29) is 11.6 Å². The zero-order valence-electron chi connectivity index (χ0n) is 14.0. The number of hydrogen-bond donors (Lipinski definition) is 1. The fourth-order valence-corrected chi connectivity index (χ4v) is 2.35. The molecule has 0 bridgehead atoms. The van der Waals surface area contributed by atoms with Crippen molar-refractivity contribution in [1.82, 2.24) is 5.32 Å². The molecule has 0 saturated heterocycles. The van der Waals surface area contributed by atoms with Gasteiger partial charge in [0.25, 0.3) is 5.91 Å². The Hall–Kier alpha value is -2.74. The summed E-state index contributed by atoms with van der Waals surface area (Å²) in [5, 5.41) is 3.17. The summed E-state index contributed by atoms with van der Waals surface area (Å²) in [4.78, 5) is 23.8. The molecule has 5 nitrogen and oxygen atoms in total. The van der Waals surface area contributed by atoms with Gasteiger partial charge in [-0.15, -0.1) is 13.2 Å². The first-order valence-electron chi connectivity index (χ1n) is 7.72. The minimum absolute atomic E-state index is 0.0137. The first kappa shape index (κ1) is 20.6. The lowest BCUT2D eigenvalue weighted by molar-refractivity contribution is -0.274. The van der Waals surface area contributed by atoms with Crippen molar-refractivity contribution in [3.05, 3.63) is 64.7 Å². The Kier molecular flexibility index (Phi) is 6.68. The quantitative estimate of drug-likeness (QED) is 0.734. The number of ether oxygens (including phenoxy) is 2. The van der Waals surface area contributed by atoms with Crippen LogP contribution in [0.4, 0.5) is 13.2 Å². The van der Waals surface area contributed by atoms with Crippen molar-refractivity contribution in [2.24, 2.45) is 0 Å². The monoisotopic (exact) mass is 401 g/mol. The molecule has 0 heterocycles. The summed E-state index contributed by atoms with van der Waals surface area (Å²) in [7, 11) is 0. The Morgan fingerprint density at radius 3 is 2.41 bits per heavy atom. The second-order valence-corrected chi connectivity index (χ2v) is 5.93. The Labute approximate surface area is 158 Å². The largest absolute Gasteiger partial charge is 0.573 e. The fourth-order valence-electron chi connectivity index (χ4n) is 2.15. The van der Waals surface area contributed by atoms with E-state index in [1.54, 1.807) is 31.2 Å². The van der Waals surface area contributed by atoms with E-state index in [0.29, 0.717) is 5.02 Å². The van der Waals surface area contributed by atoms with E-state index in [9.17, 15) is 22.8 Å². The first-order valence-corrected chi connectivity index (χ1v) is 8.09. The van der Waals surface area contributed by atoms with Gasteiger partial charge in [-0.2, -0.15) is 0 Å². The third-order valence-corrected chi connectivity index (χ3v) is 3.62. The van der Waals surface area contributed by atoms with Gasteiger partial charge in [-0.25, -0.2) is 4.79 Å². The summed E-state index contributed by atoms with van der Waals surface area (Å²) >= 11 is 5.89. The molecule has 1 atom stereocenters. The number of rotatable bonds is 6. The molecule has 1 N–H and O–H groups in total. The molecule has 2 rings (SSSR count). The topological polar surface area (TPSA) is 64.6 Å². The van der Waals surface area contributed by atoms with Crippen LogP contribution in [0.2, 0.25) is 5.02 Å². The van der Waals surface area contributed by atoms with E-state index >= 15 is 0 Å². The van der Waals surface area contributed by atoms with Crippen LogP contribution in [-0.2, 0) is 9.53 Å². The highest BCUT2D eigenvalue weighted by Crippen LogP contribution is 2.23. The Balaban J connectivity index is 1.84. The normalized spacial score (nSPS) is 12.2. The van der Waals surface area contributed by atoms with Gasteiger partial charge in [0, 0.05) is 5.02 Å². The second-order valence-electron chi connectivity index (χ2n) is 5.49. The SMILES string of the molecule is C[C@@H](NC(=O)COC(=O)c1ccc(OC(F)(F)F)cc1)c1cccc(Cl)c1. The van der Waals surface area contributed by atoms with E-state index < -0.39 is 30.6 Å². The summed E-state index contributed by atoms with van der Waals surface area (Å²) in [6.45, 7) is 1.20. The number of benzene rings is 2. The van der Waals surface area contributed by atoms with Crippen molar-refractivity contribution >= 4 is 23.5 Å². The molecule has 0 aromatic heterocycles. The van der Waals surface area contributed by atoms with Crippen molar-refractivity contribution < 1.29 is 32.2 Å². The molecular formula is C18H15ClF3NO4. The van der Waals surface area contributed by atoms with Crippen LogP contribution in [0.15, 0.2) is 48.5 Å². The number of halogens is 4. The molecule has 2 aromatic carbocycles. The lowest BCUT2D eigenvalue weighted by Gasteiger charge is -2.14. The van der Waals surface area contributed by atoms with Crippen LogP contribution in [0.25, 0.3) is 0 Å². The molecule has 0 aliphatic rings. The lowest BCUT2D eigenvalue weighted by Crippen LogP contribution is -2.31. The van der Waals surface area contributed by atoms with E-state index in [2.05, 4.69) is 10.1 Å². The molecule has 27 heavy (non-hydrogen) atoms. The first-order chi connectivity index (χ1) is 12.6. The van der Waals surface area contributed by atoms with Crippen LogP contribution >= 0.6 is 11.6 Å². The number of nitrogens with one attached hydrogen (secondary N) is 1. The van der Waals surface area contributed by atoms with Gasteiger partial charge < -0.3 is 14.8 Å². The van der Waals surface area contributed by atoms with Gasteiger partial charge in [-0.3, -0.25) is 4.79 Å². The van der Waals surface area contributed by atoms with E-state index in [4.69, 9.17) is 16.3 Å². The Morgan fingerprint density at radius 2 is 1.81 bits per heavy atom. The molecule has 144 valence electrons. The van der Waals surface area contributed by atoms with Gasteiger partial charge in [-0.1, -0.05) is 23.7 Å². The molecule has 0 fully saturated rings. The van der Waals surface area contributed by atoms with E-state index in [1.807, 2.05) is 0 Å². The molecule has 0 aliphatic heterocycles. The minimum atomic E-state index is -4.82. The third-order valence-electron chi connectivity index (χ3n) is 3.38. The number of alkyl halides is 3. The highest BCUT2D eigenvalue weighted by Gasteiger charge is 2.31. The number of carbonyl (C=O) groups excluding carboxylic acids is 2. The predicted molar refractivity (Wildman–Crippen MR) is 91.4 cm³/mol. The van der Waals surface area contributed by atoms with Gasteiger partial charge in [0.1, 0.15) is 5.75 Å². The zero-order valence-corrected chi connectivity index (χ0v) is 14.8. The van der Waals surface area contributed by atoms with Gasteiger partial charge >= 0.3 is 12.3 Å². The summed E-state index contributed by atoms with van der Waals surface area (Å²) in [6, 6.07) is 10.7. The summed E-state index contributed by atoms with van der Waals surface area (Å²) in [5.74, 6) is -1.85. The molecule has 0 unspecified atom stereocenters. The second kappa shape index (κ2) is 8.77. The van der Waals surface area contributed by atoms with Crippen LogP contribution in [0, 0.1) is 0 Å². The van der Waals surface area contributed by atoms with E-state index in [1.165, 1.54) is 0 Å². The summed E-state index contributed by atoms with van der Waals surface area (Å²) in [6.07, 6.45) is -4.82. The van der Waals surface area contributed by atoms with Gasteiger partial charge in [0.05, 0.1) is 11.6 Å². The summed E-state index contributed by atoms with van der Waals surface area (Å²) < 4.78 is 44.8. The van der Waals surface area contributed by atoms with Gasteiger partial charge in [0.15, 0.2) is 6.61 Å². The molecule has 0 radical (unpaired) electrons. The Morgan fingerprint density at radius 1 is 1.15 bits per heavy atom. The third kappa shape index (κ3) is 6.82. The van der Waals surface area contributed by atoms with Gasteiger partial charge in [0.2, 0.25) is 0 Å². The number of carbonyl (C=O) groups is 2. The molecule has 1 amide bonds. The maximum atomic E-state index is 12.1. The smallest absolute Gasteiger partial charge is 0.452 e. The Bertz CT molecular complexity index is 809. The van der Waals surface area contributed by atoms with Crippen LogP contribution in [0.5, 0.6) is 5.75 Å². The molecule has 2 aromatic rings. The van der Waals surface area contributed by atoms with Crippen molar-refractivity contribution in [3.63, 3.8) is 0 Å². The van der Waals surface area contributed by atoms with Crippen LogP contribution < -0.4 is 10.1 Å². The van der Waals surface area contributed by atoms with E-state index in [0.717, 1.165) is 29.8 Å². The number of amides is 1. The maximum Gasteiger partial charge on any atom is 0.573 e. The van der Waals surface area contributed by atoms with Crippen LogP contribution in [-0.4, -0.2) is 24.8 Å². The van der Waals surface area contributed by atoms with Crippen molar-refractivity contribution in [1.29, 1.82) is 0 Å².